The van der Waals surface area contributed by atoms with Crippen molar-refractivity contribution < 1.29 is 0 Å². The summed E-state index contributed by atoms with van der Waals surface area (Å²) in [4.78, 5) is 2.50. The van der Waals surface area contributed by atoms with Gasteiger partial charge in [-0.05, 0) is 71.3 Å². The minimum Gasteiger partial charge on any atom is -0.334 e. The molecule has 38 heavy (non-hydrogen) atoms. The monoisotopic (exact) mass is 613 g/mol. The van der Waals surface area contributed by atoms with E-state index in [9.17, 15) is 0 Å². The van der Waals surface area contributed by atoms with Gasteiger partial charge in [0.15, 0.2) is 0 Å². The lowest BCUT2D eigenvalue weighted by Crippen LogP contribution is -2.34. The van der Waals surface area contributed by atoms with E-state index in [4.69, 9.17) is 0 Å². The van der Waals surface area contributed by atoms with Crippen molar-refractivity contribution in [2.24, 2.45) is 5.92 Å². The lowest BCUT2D eigenvalue weighted by atomic mass is 9.88. The fraction of sp³-hybridized carbons (Fsp3) is 0.278. The molecule has 196 valence electrons. The topological polar surface area (TPSA) is 3.24 Å². The second-order valence-corrected chi connectivity index (χ2v) is 10.9. The average molecular weight is 614 g/mol. The zero-order valence-electron chi connectivity index (χ0n) is 23.1. The Balaban J connectivity index is 1.64. The number of nitrogens with zero attached hydrogens (tertiary/aromatic N) is 1. The van der Waals surface area contributed by atoms with Gasteiger partial charge in [0.1, 0.15) is 0 Å². The van der Waals surface area contributed by atoms with E-state index in [-0.39, 0.29) is 0 Å². The quantitative estimate of drug-likeness (QED) is 0.0924. The van der Waals surface area contributed by atoms with Crippen LogP contribution in [0.25, 0.3) is 11.1 Å². The zero-order valence-corrected chi connectivity index (χ0v) is 25.3. The molecule has 0 fully saturated rings. The molecule has 1 nitrogen and oxygen atoms in total. The number of hydrogen-bond acceptors (Lipinski definition) is 1. The van der Waals surface area contributed by atoms with Crippen LogP contribution in [0.15, 0.2) is 115 Å². The van der Waals surface area contributed by atoms with Crippen LogP contribution in [-0.2, 0) is 4.43 Å². The van der Waals surface area contributed by atoms with Crippen LogP contribution in [0.5, 0.6) is 0 Å². The first-order chi connectivity index (χ1) is 18.6. The number of anilines is 2. The van der Waals surface area contributed by atoms with Gasteiger partial charge >= 0.3 is 0 Å². The van der Waals surface area contributed by atoms with Crippen molar-refractivity contribution in [3.05, 3.63) is 132 Å². The van der Waals surface area contributed by atoms with Gasteiger partial charge in [0.05, 0.1) is 6.04 Å². The molecule has 2 heteroatoms. The van der Waals surface area contributed by atoms with E-state index in [0.29, 0.717) is 17.9 Å². The van der Waals surface area contributed by atoms with Crippen LogP contribution in [-0.4, -0.2) is 6.04 Å². The molecule has 0 N–H and O–H groups in total. The first-order valence-corrected chi connectivity index (χ1v) is 15.4. The Labute approximate surface area is 243 Å². The van der Waals surface area contributed by atoms with E-state index in [1.807, 2.05) is 0 Å². The Bertz CT molecular complexity index is 1270. The van der Waals surface area contributed by atoms with Crippen LogP contribution in [0.1, 0.15) is 63.1 Å². The predicted octanol–water partition coefficient (Wildman–Crippen LogP) is 11.0. The van der Waals surface area contributed by atoms with Gasteiger partial charge in [-0.2, -0.15) is 0 Å². The number of halogens is 1. The van der Waals surface area contributed by atoms with E-state index in [1.165, 1.54) is 39.2 Å². The Kier molecular flexibility index (Phi) is 10.2. The van der Waals surface area contributed by atoms with Gasteiger partial charge in [0.2, 0.25) is 0 Å². The highest BCUT2D eigenvalue weighted by molar-refractivity contribution is 14.1. The second kappa shape index (κ2) is 13.8. The first-order valence-electron chi connectivity index (χ1n) is 13.9. The van der Waals surface area contributed by atoms with Crippen LogP contribution in [0.4, 0.5) is 11.4 Å². The maximum absolute atomic E-state index is 2.50. The summed E-state index contributed by atoms with van der Waals surface area (Å²) in [6, 6.07) is 38.5. The third kappa shape index (κ3) is 6.58. The third-order valence-corrected chi connectivity index (χ3v) is 8.57. The molecule has 0 spiro atoms. The molecule has 0 aliphatic carbocycles. The van der Waals surface area contributed by atoms with Gasteiger partial charge < -0.3 is 4.90 Å². The van der Waals surface area contributed by atoms with Crippen LogP contribution < -0.4 is 4.90 Å². The van der Waals surface area contributed by atoms with Crippen molar-refractivity contribution in [1.29, 1.82) is 0 Å². The van der Waals surface area contributed by atoms with Crippen molar-refractivity contribution in [3.63, 3.8) is 0 Å². The van der Waals surface area contributed by atoms with Gasteiger partial charge in [-0.3, -0.25) is 0 Å². The summed E-state index contributed by atoms with van der Waals surface area (Å²) >= 11 is 2.43. The molecule has 2 unspecified atom stereocenters. The van der Waals surface area contributed by atoms with Crippen LogP contribution >= 0.6 is 22.6 Å². The number of allylic oxidation sites excluding steroid dienone is 1. The molecule has 0 aliphatic rings. The molecule has 0 radical (unpaired) electrons. The van der Waals surface area contributed by atoms with Crippen molar-refractivity contribution in [2.75, 3.05) is 4.90 Å². The van der Waals surface area contributed by atoms with E-state index in [1.54, 1.807) is 0 Å². The van der Waals surface area contributed by atoms with E-state index in [2.05, 4.69) is 170 Å². The molecular formula is C36H40IN. The van der Waals surface area contributed by atoms with Gasteiger partial charge in [-0.1, -0.05) is 141 Å². The highest BCUT2D eigenvalue weighted by atomic mass is 127. The fourth-order valence-electron chi connectivity index (χ4n) is 5.28. The molecule has 4 aromatic carbocycles. The molecule has 0 saturated carbocycles. The van der Waals surface area contributed by atoms with Gasteiger partial charge in [0.25, 0.3) is 0 Å². The molecule has 0 aliphatic heterocycles. The highest BCUT2D eigenvalue weighted by Crippen LogP contribution is 2.35. The maximum atomic E-state index is 2.50. The summed E-state index contributed by atoms with van der Waals surface area (Å²) in [6.45, 7) is 9.03. The average Bonchev–Trinajstić information content (AvgIpc) is 2.98. The van der Waals surface area contributed by atoms with Crippen molar-refractivity contribution >= 4 is 34.0 Å². The second-order valence-electron chi connectivity index (χ2n) is 10.1. The Hall–Kier alpha value is -2.85. The third-order valence-electron chi connectivity index (χ3n) is 7.69. The summed E-state index contributed by atoms with van der Waals surface area (Å²) in [5, 5.41) is 0. The predicted molar refractivity (Wildman–Crippen MR) is 175 cm³/mol. The smallest absolute Gasteiger partial charge is 0.0547 e. The van der Waals surface area contributed by atoms with Crippen LogP contribution in [0, 0.1) is 5.92 Å². The zero-order chi connectivity index (χ0) is 26.9. The Morgan fingerprint density at radius 2 is 1.21 bits per heavy atom. The summed E-state index contributed by atoms with van der Waals surface area (Å²) < 4.78 is 1.03. The SMILES string of the molecule is C/C=C\C(C(C)CC)N(c1ccc(CI)cc1)c1ccc(-c2ccc([C@H](CC)c3ccccc3)cc2)cc1. The van der Waals surface area contributed by atoms with E-state index < -0.39 is 0 Å². The van der Waals surface area contributed by atoms with Crippen molar-refractivity contribution in [1.82, 2.24) is 0 Å². The van der Waals surface area contributed by atoms with Crippen LogP contribution in [0.3, 0.4) is 0 Å². The highest BCUT2D eigenvalue weighted by Gasteiger charge is 2.23. The van der Waals surface area contributed by atoms with Gasteiger partial charge in [-0.15, -0.1) is 0 Å². The molecule has 4 rings (SSSR count). The van der Waals surface area contributed by atoms with Crippen molar-refractivity contribution in [2.45, 2.75) is 56.9 Å². The number of benzene rings is 4. The molecule has 0 aromatic heterocycles. The molecule has 0 amide bonds. The molecule has 0 heterocycles. The molecular weight excluding hydrogens is 573 g/mol. The van der Waals surface area contributed by atoms with E-state index in [0.717, 1.165) is 17.3 Å². The number of rotatable bonds is 11. The lowest BCUT2D eigenvalue weighted by Gasteiger charge is -2.36. The summed E-state index contributed by atoms with van der Waals surface area (Å²) in [5.41, 5.74) is 9.10. The maximum Gasteiger partial charge on any atom is 0.0547 e. The fourth-order valence-corrected chi connectivity index (χ4v) is 5.79. The summed E-state index contributed by atoms with van der Waals surface area (Å²) in [6.07, 6.45) is 6.77. The minimum atomic E-state index is 0.296. The minimum absolute atomic E-state index is 0.296. The molecule has 0 bridgehead atoms. The Morgan fingerprint density at radius 3 is 1.71 bits per heavy atom. The molecule has 4 aromatic rings. The van der Waals surface area contributed by atoms with Gasteiger partial charge in [0, 0.05) is 21.7 Å². The largest absolute Gasteiger partial charge is 0.334 e. The van der Waals surface area contributed by atoms with E-state index >= 15 is 0 Å². The molecule has 0 saturated heterocycles. The van der Waals surface area contributed by atoms with Crippen molar-refractivity contribution in [3.8, 4) is 11.1 Å². The van der Waals surface area contributed by atoms with Gasteiger partial charge in [-0.25, -0.2) is 0 Å². The standard InChI is InChI=1S/C36H40IN/c1-5-11-36(27(4)6-2)38(33-22-14-28(26-37)15-23-33)34-24-20-30(21-25-34)29-16-18-32(19-17-29)35(7-3)31-12-9-8-10-13-31/h5,8-25,27,35-36H,6-7,26H2,1-4H3/b11-5-/t27?,35-,36?/m1/s1. The Morgan fingerprint density at radius 1 is 0.684 bits per heavy atom. The van der Waals surface area contributed by atoms with Crippen LogP contribution in [0.2, 0.25) is 0 Å². The summed E-state index contributed by atoms with van der Waals surface area (Å²) in [5.74, 6) is 0.961. The lowest BCUT2D eigenvalue weighted by molar-refractivity contribution is 0.495. The molecule has 3 atom stereocenters. The normalized spacial score (nSPS) is 13.8. The summed E-state index contributed by atoms with van der Waals surface area (Å²) in [7, 11) is 0. The number of hydrogen-bond donors (Lipinski definition) is 0. The number of alkyl halides is 1. The first kappa shape index (κ1) is 28.2.